The maximum Gasteiger partial charge on any atom is 0.251 e. The molecule has 0 aliphatic heterocycles. The van der Waals surface area contributed by atoms with Gasteiger partial charge in [0, 0.05) is 33.4 Å². The Bertz CT molecular complexity index is 1040. The van der Waals surface area contributed by atoms with Crippen molar-refractivity contribution in [2.24, 2.45) is 13.0 Å². The van der Waals surface area contributed by atoms with Crippen molar-refractivity contribution < 1.29 is 4.79 Å². The van der Waals surface area contributed by atoms with Gasteiger partial charge in [-0.05, 0) is 47.9 Å². The Balaban J connectivity index is 1.75. The maximum atomic E-state index is 12.7. The molecule has 1 heterocycles. The zero-order valence-electron chi connectivity index (χ0n) is 16.7. The van der Waals surface area contributed by atoms with Gasteiger partial charge < -0.3 is 9.88 Å². The SMILES string of the molecule is CC(C)[C@H](NC(=O)c1ccc(Cl)cc1)c1nnc(SCc2ccc(Cl)cc2Cl)n1C. The van der Waals surface area contributed by atoms with Gasteiger partial charge >= 0.3 is 0 Å². The van der Waals surface area contributed by atoms with Crippen molar-refractivity contribution in [3.63, 3.8) is 0 Å². The number of hydrogen-bond acceptors (Lipinski definition) is 4. The summed E-state index contributed by atoms with van der Waals surface area (Å²) < 4.78 is 1.90. The number of carbonyl (C=O) groups excluding carboxylic acids is 1. The molecule has 0 saturated heterocycles. The van der Waals surface area contributed by atoms with E-state index in [2.05, 4.69) is 15.5 Å². The Kier molecular flexibility index (Phi) is 7.69. The van der Waals surface area contributed by atoms with E-state index >= 15 is 0 Å². The van der Waals surface area contributed by atoms with E-state index in [1.165, 1.54) is 11.8 Å². The van der Waals surface area contributed by atoms with Crippen LogP contribution in [0.5, 0.6) is 0 Å². The molecule has 0 aliphatic carbocycles. The highest BCUT2D eigenvalue weighted by molar-refractivity contribution is 7.98. The molecule has 0 radical (unpaired) electrons. The predicted molar refractivity (Wildman–Crippen MR) is 124 cm³/mol. The molecule has 0 aliphatic rings. The standard InChI is InChI=1S/C21H21Cl3N4OS/c1-12(2)18(25-20(29)13-4-7-15(22)8-5-13)19-26-27-21(28(19)3)30-11-14-6-9-16(23)10-17(14)24/h4-10,12,18H,11H2,1-3H3,(H,25,29)/t18-/m0/s1. The Labute approximate surface area is 195 Å². The summed E-state index contributed by atoms with van der Waals surface area (Å²) in [5.41, 5.74) is 1.51. The molecule has 0 bridgehead atoms. The molecule has 1 N–H and O–H groups in total. The lowest BCUT2D eigenvalue weighted by Crippen LogP contribution is -2.33. The van der Waals surface area contributed by atoms with Gasteiger partial charge in [0.05, 0.1) is 6.04 Å². The Morgan fingerprint density at radius 3 is 2.37 bits per heavy atom. The predicted octanol–water partition coefficient (Wildman–Crippen LogP) is 6.19. The minimum absolute atomic E-state index is 0.118. The summed E-state index contributed by atoms with van der Waals surface area (Å²) in [7, 11) is 1.89. The number of aromatic nitrogens is 3. The number of nitrogens with zero attached hydrogens (tertiary/aromatic N) is 3. The van der Waals surface area contributed by atoms with Gasteiger partial charge in [-0.25, -0.2) is 0 Å². The number of halogens is 3. The zero-order chi connectivity index (χ0) is 21.8. The van der Waals surface area contributed by atoms with E-state index in [1.54, 1.807) is 30.3 Å². The quantitative estimate of drug-likeness (QED) is 0.407. The Morgan fingerprint density at radius 2 is 1.73 bits per heavy atom. The lowest BCUT2D eigenvalue weighted by atomic mass is 10.0. The van der Waals surface area contributed by atoms with Crippen LogP contribution in [-0.2, 0) is 12.8 Å². The van der Waals surface area contributed by atoms with Crippen molar-refractivity contribution in [2.45, 2.75) is 30.8 Å². The molecule has 9 heteroatoms. The Morgan fingerprint density at radius 1 is 1.07 bits per heavy atom. The molecule has 0 spiro atoms. The van der Waals surface area contributed by atoms with Gasteiger partial charge in [-0.3, -0.25) is 4.79 Å². The number of hydrogen-bond donors (Lipinski definition) is 1. The fraction of sp³-hybridized carbons (Fsp3) is 0.286. The molecule has 0 saturated carbocycles. The van der Waals surface area contributed by atoms with Gasteiger partial charge in [-0.2, -0.15) is 0 Å². The van der Waals surface area contributed by atoms with E-state index < -0.39 is 0 Å². The first-order chi connectivity index (χ1) is 14.3. The molecule has 0 unspecified atom stereocenters. The van der Waals surface area contributed by atoms with Gasteiger partial charge in [0.25, 0.3) is 5.91 Å². The minimum Gasteiger partial charge on any atom is -0.342 e. The lowest BCUT2D eigenvalue weighted by molar-refractivity contribution is 0.0922. The largest absolute Gasteiger partial charge is 0.342 e. The molecule has 5 nitrogen and oxygen atoms in total. The fourth-order valence-electron chi connectivity index (χ4n) is 2.86. The molecule has 3 rings (SSSR count). The second kappa shape index (κ2) is 10.1. The zero-order valence-corrected chi connectivity index (χ0v) is 19.8. The van der Waals surface area contributed by atoms with Crippen LogP contribution < -0.4 is 5.32 Å². The van der Waals surface area contributed by atoms with Crippen molar-refractivity contribution >= 4 is 52.5 Å². The average Bonchev–Trinajstić information content (AvgIpc) is 3.06. The van der Waals surface area contributed by atoms with Crippen LogP contribution in [0, 0.1) is 5.92 Å². The molecule has 1 aromatic heterocycles. The number of amides is 1. The summed E-state index contributed by atoms with van der Waals surface area (Å²) in [4.78, 5) is 12.7. The summed E-state index contributed by atoms with van der Waals surface area (Å²) in [5, 5.41) is 14.3. The summed E-state index contributed by atoms with van der Waals surface area (Å²) >= 11 is 19.7. The van der Waals surface area contributed by atoms with Crippen molar-refractivity contribution in [3.05, 3.63) is 74.5 Å². The van der Waals surface area contributed by atoms with Gasteiger partial charge in [0.2, 0.25) is 0 Å². The van der Waals surface area contributed by atoms with Crippen LogP contribution in [0.3, 0.4) is 0 Å². The molecular weight excluding hydrogens is 463 g/mol. The summed E-state index contributed by atoms with van der Waals surface area (Å²) in [6.45, 7) is 4.06. The van der Waals surface area contributed by atoms with Gasteiger partial charge in [-0.15, -0.1) is 10.2 Å². The summed E-state index contributed by atoms with van der Waals surface area (Å²) in [6, 6.07) is 11.9. The van der Waals surface area contributed by atoms with Crippen molar-refractivity contribution in [1.82, 2.24) is 20.1 Å². The van der Waals surface area contributed by atoms with Crippen LogP contribution in [0.2, 0.25) is 15.1 Å². The first-order valence-electron chi connectivity index (χ1n) is 9.28. The van der Waals surface area contributed by atoms with E-state index in [0.29, 0.717) is 32.2 Å². The van der Waals surface area contributed by atoms with E-state index in [4.69, 9.17) is 34.8 Å². The number of nitrogens with one attached hydrogen (secondary N) is 1. The van der Waals surface area contributed by atoms with Crippen LogP contribution in [0.4, 0.5) is 0 Å². The van der Waals surface area contributed by atoms with Crippen LogP contribution in [0.1, 0.15) is 41.6 Å². The lowest BCUT2D eigenvalue weighted by Gasteiger charge is -2.21. The average molecular weight is 484 g/mol. The van der Waals surface area contributed by atoms with Crippen LogP contribution >= 0.6 is 46.6 Å². The van der Waals surface area contributed by atoms with Crippen molar-refractivity contribution in [1.29, 1.82) is 0 Å². The number of rotatable bonds is 7. The van der Waals surface area contributed by atoms with Crippen LogP contribution in [-0.4, -0.2) is 20.7 Å². The normalized spacial score (nSPS) is 12.2. The monoisotopic (exact) mass is 482 g/mol. The third-order valence-electron chi connectivity index (χ3n) is 4.58. The smallest absolute Gasteiger partial charge is 0.251 e. The molecule has 0 fully saturated rings. The third-order valence-corrected chi connectivity index (χ3v) is 6.49. The molecular formula is C21H21Cl3N4OS. The Hall–Kier alpha value is -1.73. The van der Waals surface area contributed by atoms with Crippen LogP contribution in [0.25, 0.3) is 0 Å². The molecule has 158 valence electrons. The minimum atomic E-state index is -0.292. The highest BCUT2D eigenvalue weighted by atomic mass is 35.5. The van der Waals surface area contributed by atoms with E-state index in [0.717, 1.165) is 10.7 Å². The molecule has 2 aromatic carbocycles. The molecule has 1 atom stereocenters. The highest BCUT2D eigenvalue weighted by Gasteiger charge is 2.25. The first kappa shape index (κ1) is 22.9. The van der Waals surface area contributed by atoms with Gasteiger partial charge in [0.15, 0.2) is 11.0 Å². The summed E-state index contributed by atoms with van der Waals surface area (Å²) in [5.74, 6) is 1.26. The second-order valence-electron chi connectivity index (χ2n) is 7.13. The summed E-state index contributed by atoms with van der Waals surface area (Å²) in [6.07, 6.45) is 0. The maximum absolute atomic E-state index is 12.7. The second-order valence-corrected chi connectivity index (χ2v) is 9.35. The van der Waals surface area contributed by atoms with Crippen molar-refractivity contribution in [3.8, 4) is 0 Å². The van der Waals surface area contributed by atoms with E-state index in [1.807, 2.05) is 37.6 Å². The number of carbonyl (C=O) groups is 1. The first-order valence-corrected chi connectivity index (χ1v) is 11.4. The number of thioether (sulfide) groups is 1. The van der Waals surface area contributed by atoms with Gasteiger partial charge in [-0.1, -0.05) is 66.5 Å². The molecule has 3 aromatic rings. The number of benzene rings is 2. The topological polar surface area (TPSA) is 59.8 Å². The van der Waals surface area contributed by atoms with E-state index in [-0.39, 0.29) is 17.9 Å². The van der Waals surface area contributed by atoms with E-state index in [9.17, 15) is 4.79 Å². The van der Waals surface area contributed by atoms with Crippen molar-refractivity contribution in [2.75, 3.05) is 0 Å². The fourth-order valence-corrected chi connectivity index (χ4v) is 4.46. The molecule has 1 amide bonds. The third kappa shape index (κ3) is 5.49. The van der Waals surface area contributed by atoms with Gasteiger partial charge in [0.1, 0.15) is 0 Å². The highest BCUT2D eigenvalue weighted by Crippen LogP contribution is 2.29. The molecule has 30 heavy (non-hydrogen) atoms. The van der Waals surface area contributed by atoms with Crippen LogP contribution in [0.15, 0.2) is 47.6 Å².